The van der Waals surface area contributed by atoms with Crippen molar-refractivity contribution in [1.82, 2.24) is 0 Å². The third-order valence-electron chi connectivity index (χ3n) is 2.83. The quantitative estimate of drug-likeness (QED) is 0.788. The van der Waals surface area contributed by atoms with Crippen LogP contribution >= 0.6 is 0 Å². The van der Waals surface area contributed by atoms with E-state index in [1.807, 2.05) is 0 Å². The molecule has 2 N–H and O–H groups in total. The fraction of sp³-hybridized carbons (Fsp3) is 0.455. The Morgan fingerprint density at radius 2 is 2.19 bits per heavy atom. The Hall–Kier alpha value is -1.07. The number of aryl methyl sites for hydroxylation is 1. The highest BCUT2D eigenvalue weighted by atomic mass is 32.2. The van der Waals surface area contributed by atoms with Crippen molar-refractivity contribution < 1.29 is 13.2 Å². The van der Waals surface area contributed by atoms with Crippen LogP contribution in [0.15, 0.2) is 23.1 Å². The number of anilines is 1. The lowest BCUT2D eigenvalue weighted by Gasteiger charge is -2.12. The highest BCUT2D eigenvalue weighted by Gasteiger charge is 2.31. The van der Waals surface area contributed by atoms with Crippen LogP contribution in [0, 0.1) is 6.92 Å². The van der Waals surface area contributed by atoms with Gasteiger partial charge in [0, 0.05) is 12.3 Å². The number of ether oxygens (including phenoxy) is 1. The van der Waals surface area contributed by atoms with Crippen molar-refractivity contribution in [3.8, 4) is 0 Å². The van der Waals surface area contributed by atoms with Crippen molar-refractivity contribution in [2.75, 3.05) is 18.9 Å². The van der Waals surface area contributed by atoms with E-state index in [1.54, 1.807) is 25.1 Å². The van der Waals surface area contributed by atoms with Crippen molar-refractivity contribution in [3.63, 3.8) is 0 Å². The molecule has 0 radical (unpaired) electrons. The van der Waals surface area contributed by atoms with Crippen LogP contribution in [0.25, 0.3) is 0 Å². The molecule has 0 saturated carbocycles. The fourth-order valence-electron chi connectivity index (χ4n) is 1.93. The highest BCUT2D eigenvalue weighted by molar-refractivity contribution is 7.92. The van der Waals surface area contributed by atoms with Gasteiger partial charge in [-0.25, -0.2) is 8.42 Å². The van der Waals surface area contributed by atoms with Gasteiger partial charge < -0.3 is 10.5 Å². The van der Waals surface area contributed by atoms with E-state index < -0.39 is 15.1 Å². The van der Waals surface area contributed by atoms with Gasteiger partial charge in [0.25, 0.3) is 0 Å². The van der Waals surface area contributed by atoms with Crippen molar-refractivity contribution in [2.24, 2.45) is 0 Å². The van der Waals surface area contributed by atoms with E-state index in [4.69, 9.17) is 10.5 Å². The lowest BCUT2D eigenvalue weighted by Crippen LogP contribution is -2.22. The number of nitrogen functional groups attached to an aromatic ring is 1. The lowest BCUT2D eigenvalue weighted by atomic mass is 10.2. The molecule has 5 heteroatoms. The summed E-state index contributed by atoms with van der Waals surface area (Å²) in [4.78, 5) is 0.372. The van der Waals surface area contributed by atoms with Crippen molar-refractivity contribution in [2.45, 2.75) is 23.5 Å². The van der Waals surface area contributed by atoms with E-state index in [0.717, 1.165) is 0 Å². The summed E-state index contributed by atoms with van der Waals surface area (Å²) in [6.07, 6.45) is 0.576. The predicted molar refractivity (Wildman–Crippen MR) is 62.0 cm³/mol. The molecule has 1 unspecified atom stereocenters. The first-order valence-corrected chi connectivity index (χ1v) is 6.74. The van der Waals surface area contributed by atoms with Gasteiger partial charge in [-0.1, -0.05) is 0 Å². The maximum Gasteiger partial charge on any atom is 0.183 e. The van der Waals surface area contributed by atoms with Crippen LogP contribution in [0.1, 0.15) is 12.0 Å². The topological polar surface area (TPSA) is 69.4 Å². The Labute approximate surface area is 95.3 Å². The largest absolute Gasteiger partial charge is 0.399 e. The molecule has 1 atom stereocenters. The molecule has 1 aromatic rings. The molecule has 1 aliphatic rings. The van der Waals surface area contributed by atoms with E-state index in [1.165, 1.54) is 0 Å². The van der Waals surface area contributed by atoms with E-state index in [2.05, 4.69) is 0 Å². The van der Waals surface area contributed by atoms with Crippen LogP contribution in [0.3, 0.4) is 0 Å². The van der Waals surface area contributed by atoms with Gasteiger partial charge in [0.15, 0.2) is 9.84 Å². The predicted octanol–water partition coefficient (Wildman–Crippen LogP) is 1.14. The molecular formula is C11H15NO3S. The van der Waals surface area contributed by atoms with Crippen molar-refractivity contribution in [3.05, 3.63) is 23.8 Å². The Morgan fingerprint density at radius 1 is 1.44 bits per heavy atom. The van der Waals surface area contributed by atoms with Crippen LogP contribution in [0.5, 0.6) is 0 Å². The minimum atomic E-state index is -3.27. The Morgan fingerprint density at radius 3 is 2.75 bits per heavy atom. The lowest BCUT2D eigenvalue weighted by molar-refractivity contribution is 0.198. The molecule has 1 saturated heterocycles. The maximum absolute atomic E-state index is 12.2. The first kappa shape index (κ1) is 11.4. The van der Waals surface area contributed by atoms with E-state index >= 15 is 0 Å². The second kappa shape index (κ2) is 4.07. The smallest absolute Gasteiger partial charge is 0.183 e. The maximum atomic E-state index is 12.2. The summed E-state index contributed by atoms with van der Waals surface area (Å²) in [7, 11) is -3.27. The molecule has 16 heavy (non-hydrogen) atoms. The summed E-state index contributed by atoms with van der Waals surface area (Å²) >= 11 is 0. The van der Waals surface area contributed by atoms with Gasteiger partial charge in [0.1, 0.15) is 0 Å². The summed E-state index contributed by atoms with van der Waals surface area (Å²) in [6.45, 7) is 2.59. The normalized spacial score (nSPS) is 21.2. The SMILES string of the molecule is Cc1cc(N)ccc1S(=O)(=O)C1CCOC1. The first-order valence-electron chi connectivity index (χ1n) is 5.19. The Balaban J connectivity index is 2.42. The number of nitrogens with two attached hydrogens (primary N) is 1. The second-order valence-electron chi connectivity index (χ2n) is 4.06. The molecule has 0 aliphatic carbocycles. The summed E-state index contributed by atoms with van der Waals surface area (Å²) in [5.41, 5.74) is 6.89. The monoisotopic (exact) mass is 241 g/mol. The molecule has 1 heterocycles. The molecule has 0 spiro atoms. The minimum absolute atomic E-state index is 0.298. The molecule has 1 fully saturated rings. The summed E-state index contributed by atoms with van der Waals surface area (Å²) in [5.74, 6) is 0. The molecule has 0 bridgehead atoms. The molecule has 0 amide bonds. The number of hydrogen-bond acceptors (Lipinski definition) is 4. The van der Waals surface area contributed by atoms with Crippen LogP contribution in [-0.4, -0.2) is 26.9 Å². The van der Waals surface area contributed by atoms with Crippen LogP contribution in [0.2, 0.25) is 0 Å². The summed E-state index contributed by atoms with van der Waals surface area (Å²) in [5, 5.41) is -0.408. The second-order valence-corrected chi connectivity index (χ2v) is 6.25. The van der Waals surface area contributed by atoms with Crippen LogP contribution < -0.4 is 5.73 Å². The summed E-state index contributed by atoms with van der Waals surface area (Å²) in [6, 6.07) is 4.89. The molecule has 2 rings (SSSR count). The average molecular weight is 241 g/mol. The van der Waals surface area contributed by atoms with Crippen molar-refractivity contribution >= 4 is 15.5 Å². The molecular weight excluding hydrogens is 226 g/mol. The van der Waals surface area contributed by atoms with E-state index in [-0.39, 0.29) is 0 Å². The van der Waals surface area contributed by atoms with E-state index in [9.17, 15) is 8.42 Å². The number of hydrogen-bond donors (Lipinski definition) is 1. The van der Waals surface area contributed by atoms with Gasteiger partial charge in [-0.05, 0) is 37.1 Å². The first-order chi connectivity index (χ1) is 7.51. The average Bonchev–Trinajstić information content (AvgIpc) is 2.69. The number of rotatable bonds is 2. The molecule has 4 nitrogen and oxygen atoms in total. The van der Waals surface area contributed by atoms with Gasteiger partial charge in [0.05, 0.1) is 16.8 Å². The van der Waals surface area contributed by atoms with Crippen LogP contribution in [0.4, 0.5) is 5.69 Å². The van der Waals surface area contributed by atoms with Gasteiger partial charge in [-0.2, -0.15) is 0 Å². The van der Waals surface area contributed by atoms with Gasteiger partial charge in [-0.15, -0.1) is 0 Å². The molecule has 1 aromatic carbocycles. The van der Waals surface area contributed by atoms with Crippen molar-refractivity contribution in [1.29, 1.82) is 0 Å². The van der Waals surface area contributed by atoms with Gasteiger partial charge in [-0.3, -0.25) is 0 Å². The summed E-state index contributed by atoms with van der Waals surface area (Å²) < 4.78 is 29.6. The number of sulfone groups is 1. The minimum Gasteiger partial charge on any atom is -0.399 e. The zero-order chi connectivity index (χ0) is 11.8. The van der Waals surface area contributed by atoms with Gasteiger partial charge in [0.2, 0.25) is 0 Å². The third-order valence-corrected chi connectivity index (χ3v) is 5.15. The molecule has 1 aliphatic heterocycles. The highest BCUT2D eigenvalue weighted by Crippen LogP contribution is 2.26. The molecule has 88 valence electrons. The van der Waals surface area contributed by atoms with Crippen LogP contribution in [-0.2, 0) is 14.6 Å². The van der Waals surface area contributed by atoms with E-state index in [0.29, 0.717) is 35.8 Å². The fourth-order valence-corrected chi connectivity index (χ4v) is 3.74. The Kier molecular flexibility index (Phi) is 2.90. The zero-order valence-electron chi connectivity index (χ0n) is 9.14. The van der Waals surface area contributed by atoms with Gasteiger partial charge >= 0.3 is 0 Å². The Bertz CT molecular complexity index is 490. The standard InChI is InChI=1S/C11H15NO3S/c1-8-6-9(12)2-3-11(8)16(13,14)10-4-5-15-7-10/h2-3,6,10H,4-5,7,12H2,1H3. The molecule has 0 aromatic heterocycles. The third kappa shape index (κ3) is 1.92. The zero-order valence-corrected chi connectivity index (χ0v) is 9.96. The number of benzene rings is 1.